The van der Waals surface area contributed by atoms with Crippen LogP contribution in [0.5, 0.6) is 11.5 Å². The molecule has 178 valence electrons. The molecule has 4 aromatic rings. The molecule has 0 bridgehead atoms. The number of rotatable bonds is 6. The summed E-state index contributed by atoms with van der Waals surface area (Å²) in [5, 5.41) is 1.78. The van der Waals surface area contributed by atoms with Crippen molar-refractivity contribution in [1.82, 2.24) is 4.90 Å². The number of carbonyl (C=O) groups is 3. The Labute approximate surface area is 212 Å². The number of hydrogen-bond donors (Lipinski definition) is 0. The first kappa shape index (κ1) is 23.4. The van der Waals surface area contributed by atoms with Crippen LogP contribution in [0.15, 0.2) is 95.9 Å². The standard InChI is InChI=1S/C29H21NO5S/c1-34-23-15-11-21(12-16-23)28(32)35-24-13-9-19(10-14-24)17-26-27(31)30(29(33)36-26)18-22-7-4-6-20-5-2-3-8-25(20)22/h2-17H,18H2,1H3/b26-17-. The van der Waals surface area contributed by atoms with Crippen LogP contribution in [0.4, 0.5) is 4.79 Å². The van der Waals surface area contributed by atoms with Gasteiger partial charge in [-0.05, 0) is 76.1 Å². The highest BCUT2D eigenvalue weighted by Crippen LogP contribution is 2.34. The highest BCUT2D eigenvalue weighted by Gasteiger charge is 2.35. The molecular formula is C29H21NO5S. The fourth-order valence-electron chi connectivity index (χ4n) is 3.91. The molecular weight excluding hydrogens is 474 g/mol. The van der Waals surface area contributed by atoms with Crippen LogP contribution in [0, 0.1) is 0 Å². The van der Waals surface area contributed by atoms with Gasteiger partial charge in [-0.15, -0.1) is 0 Å². The molecule has 6 nitrogen and oxygen atoms in total. The molecule has 0 radical (unpaired) electrons. The minimum atomic E-state index is -0.486. The van der Waals surface area contributed by atoms with Crippen molar-refractivity contribution in [2.75, 3.05) is 7.11 Å². The van der Waals surface area contributed by atoms with E-state index in [1.807, 2.05) is 42.5 Å². The van der Waals surface area contributed by atoms with E-state index in [4.69, 9.17) is 9.47 Å². The number of hydrogen-bond acceptors (Lipinski definition) is 6. The minimum absolute atomic E-state index is 0.212. The third kappa shape index (κ3) is 4.87. The largest absolute Gasteiger partial charge is 0.497 e. The van der Waals surface area contributed by atoms with Crippen LogP contribution in [0.3, 0.4) is 0 Å². The van der Waals surface area contributed by atoms with Gasteiger partial charge in [-0.3, -0.25) is 14.5 Å². The number of fused-ring (bicyclic) bond motifs is 1. The Morgan fingerprint density at radius 2 is 1.56 bits per heavy atom. The summed E-state index contributed by atoms with van der Waals surface area (Å²) < 4.78 is 10.5. The predicted octanol–water partition coefficient (Wildman–Crippen LogP) is 6.30. The Hall–Kier alpha value is -4.36. The van der Waals surface area contributed by atoms with Crippen LogP contribution in [-0.4, -0.2) is 29.1 Å². The van der Waals surface area contributed by atoms with E-state index in [0.717, 1.165) is 33.7 Å². The molecule has 1 aliphatic rings. The van der Waals surface area contributed by atoms with Gasteiger partial charge in [0, 0.05) is 0 Å². The summed E-state index contributed by atoms with van der Waals surface area (Å²) in [6, 6.07) is 27.1. The Morgan fingerprint density at radius 1 is 0.861 bits per heavy atom. The Morgan fingerprint density at radius 3 is 2.31 bits per heavy atom. The lowest BCUT2D eigenvalue weighted by atomic mass is 10.0. The fraction of sp³-hybridized carbons (Fsp3) is 0.0690. The first-order valence-corrected chi connectivity index (χ1v) is 12.0. The summed E-state index contributed by atoms with van der Waals surface area (Å²) in [5.41, 5.74) is 2.04. The molecule has 4 aromatic carbocycles. The molecule has 0 atom stereocenters. The molecule has 0 aromatic heterocycles. The molecule has 1 aliphatic heterocycles. The molecule has 2 amide bonds. The summed E-state index contributed by atoms with van der Waals surface area (Å²) in [6.45, 7) is 0.212. The average molecular weight is 496 g/mol. The highest BCUT2D eigenvalue weighted by molar-refractivity contribution is 8.18. The van der Waals surface area contributed by atoms with Crippen molar-refractivity contribution in [3.05, 3.63) is 113 Å². The highest BCUT2D eigenvalue weighted by atomic mass is 32.2. The number of esters is 1. The maximum Gasteiger partial charge on any atom is 0.343 e. The Bertz CT molecular complexity index is 1490. The van der Waals surface area contributed by atoms with Gasteiger partial charge in [-0.25, -0.2) is 4.79 Å². The maximum atomic E-state index is 13.0. The topological polar surface area (TPSA) is 72.9 Å². The van der Waals surface area contributed by atoms with Gasteiger partial charge >= 0.3 is 5.97 Å². The zero-order valence-corrected chi connectivity index (χ0v) is 20.2. The Kier molecular flexibility index (Phi) is 6.56. The van der Waals surface area contributed by atoms with Crippen molar-refractivity contribution in [2.45, 2.75) is 6.54 Å². The van der Waals surface area contributed by atoms with Crippen molar-refractivity contribution < 1.29 is 23.9 Å². The van der Waals surface area contributed by atoms with E-state index >= 15 is 0 Å². The molecule has 0 saturated carbocycles. The van der Waals surface area contributed by atoms with Gasteiger partial charge in [0.05, 0.1) is 24.1 Å². The molecule has 36 heavy (non-hydrogen) atoms. The van der Waals surface area contributed by atoms with E-state index in [0.29, 0.717) is 22.0 Å². The summed E-state index contributed by atoms with van der Waals surface area (Å²) in [5.74, 6) is 0.211. The van der Waals surface area contributed by atoms with Crippen molar-refractivity contribution in [3.8, 4) is 11.5 Å². The van der Waals surface area contributed by atoms with Gasteiger partial charge in [0.2, 0.25) is 0 Å². The quantitative estimate of drug-likeness (QED) is 0.177. The monoisotopic (exact) mass is 495 g/mol. The van der Waals surface area contributed by atoms with E-state index in [1.54, 1.807) is 61.7 Å². The normalized spacial score (nSPS) is 14.5. The number of ether oxygens (including phenoxy) is 2. The van der Waals surface area contributed by atoms with Crippen molar-refractivity contribution >= 4 is 45.7 Å². The van der Waals surface area contributed by atoms with Crippen molar-refractivity contribution in [2.24, 2.45) is 0 Å². The van der Waals surface area contributed by atoms with E-state index in [1.165, 1.54) is 4.90 Å². The van der Waals surface area contributed by atoms with Crippen LogP contribution >= 0.6 is 11.8 Å². The third-order valence-electron chi connectivity index (χ3n) is 5.80. The summed E-state index contributed by atoms with van der Waals surface area (Å²) >= 11 is 0.919. The number of amides is 2. The SMILES string of the molecule is COc1ccc(C(=O)Oc2ccc(/C=C3\SC(=O)N(Cc4cccc5ccccc45)C3=O)cc2)cc1. The second-order valence-electron chi connectivity index (χ2n) is 8.09. The minimum Gasteiger partial charge on any atom is -0.497 e. The van der Waals surface area contributed by atoms with Crippen LogP contribution in [0.2, 0.25) is 0 Å². The molecule has 0 aliphatic carbocycles. The number of imide groups is 1. The molecule has 1 heterocycles. The number of benzene rings is 4. The third-order valence-corrected chi connectivity index (χ3v) is 6.70. The lowest BCUT2D eigenvalue weighted by molar-refractivity contribution is -0.123. The number of thioether (sulfide) groups is 1. The van der Waals surface area contributed by atoms with Gasteiger partial charge < -0.3 is 9.47 Å². The lowest BCUT2D eigenvalue weighted by Gasteiger charge is -2.14. The average Bonchev–Trinajstić information content (AvgIpc) is 3.17. The first-order chi connectivity index (χ1) is 17.5. The molecule has 1 saturated heterocycles. The summed E-state index contributed by atoms with van der Waals surface area (Å²) in [6.07, 6.45) is 1.67. The second-order valence-corrected chi connectivity index (χ2v) is 9.09. The molecule has 1 fully saturated rings. The number of nitrogens with zero attached hydrogens (tertiary/aromatic N) is 1. The summed E-state index contributed by atoms with van der Waals surface area (Å²) in [4.78, 5) is 39.6. The van der Waals surface area contributed by atoms with Crippen LogP contribution in [0.1, 0.15) is 21.5 Å². The first-order valence-electron chi connectivity index (χ1n) is 11.2. The van der Waals surface area contributed by atoms with Gasteiger partial charge in [0.15, 0.2) is 0 Å². The van der Waals surface area contributed by atoms with Gasteiger partial charge in [0.25, 0.3) is 11.1 Å². The number of methoxy groups -OCH3 is 1. The predicted molar refractivity (Wildman–Crippen MR) is 140 cm³/mol. The van der Waals surface area contributed by atoms with E-state index in [2.05, 4.69) is 0 Å². The van der Waals surface area contributed by atoms with Crippen molar-refractivity contribution in [1.29, 1.82) is 0 Å². The van der Waals surface area contributed by atoms with Gasteiger partial charge in [-0.1, -0.05) is 54.6 Å². The zero-order valence-electron chi connectivity index (χ0n) is 19.3. The zero-order chi connectivity index (χ0) is 25.1. The molecule has 0 spiro atoms. The molecule has 0 N–H and O–H groups in total. The summed E-state index contributed by atoms with van der Waals surface area (Å²) in [7, 11) is 1.56. The van der Waals surface area contributed by atoms with E-state index in [-0.39, 0.29) is 17.7 Å². The maximum absolute atomic E-state index is 13.0. The second kappa shape index (κ2) is 10.1. The lowest BCUT2D eigenvalue weighted by Crippen LogP contribution is -2.27. The molecule has 5 rings (SSSR count). The van der Waals surface area contributed by atoms with E-state index < -0.39 is 5.97 Å². The number of carbonyl (C=O) groups excluding carboxylic acids is 3. The van der Waals surface area contributed by atoms with Gasteiger partial charge in [0.1, 0.15) is 11.5 Å². The van der Waals surface area contributed by atoms with Crippen LogP contribution in [-0.2, 0) is 11.3 Å². The van der Waals surface area contributed by atoms with Crippen molar-refractivity contribution in [3.63, 3.8) is 0 Å². The molecule has 7 heteroatoms. The van der Waals surface area contributed by atoms with E-state index in [9.17, 15) is 14.4 Å². The fourth-order valence-corrected chi connectivity index (χ4v) is 4.75. The Balaban J connectivity index is 1.28. The van der Waals surface area contributed by atoms with Crippen LogP contribution in [0.25, 0.3) is 16.8 Å². The smallest absolute Gasteiger partial charge is 0.343 e. The molecule has 0 unspecified atom stereocenters. The van der Waals surface area contributed by atoms with Crippen LogP contribution < -0.4 is 9.47 Å². The van der Waals surface area contributed by atoms with Gasteiger partial charge in [-0.2, -0.15) is 0 Å².